The molecule has 6 nitrogen and oxygen atoms in total. The van der Waals surface area contributed by atoms with Crippen molar-refractivity contribution in [3.63, 3.8) is 0 Å². The van der Waals surface area contributed by atoms with Crippen LogP contribution in [0, 0.1) is 0 Å². The van der Waals surface area contributed by atoms with Crippen molar-refractivity contribution in [2.75, 3.05) is 11.9 Å². The van der Waals surface area contributed by atoms with Crippen LogP contribution in [-0.2, 0) is 6.54 Å². The maximum atomic E-state index is 12.7. The lowest BCUT2D eigenvalue weighted by molar-refractivity contribution is 0.0743. The lowest BCUT2D eigenvalue weighted by Crippen LogP contribution is -2.33. The fourth-order valence-corrected chi connectivity index (χ4v) is 3.56. The third-order valence-corrected chi connectivity index (χ3v) is 4.98. The summed E-state index contributed by atoms with van der Waals surface area (Å²) in [5, 5.41) is 6.27. The van der Waals surface area contributed by atoms with E-state index in [0.29, 0.717) is 24.4 Å². The van der Waals surface area contributed by atoms with Gasteiger partial charge in [0, 0.05) is 28.9 Å². The predicted molar refractivity (Wildman–Crippen MR) is 110 cm³/mol. The molecular weight excluding hydrogens is 366 g/mol. The van der Waals surface area contributed by atoms with Gasteiger partial charge < -0.3 is 20.0 Å². The van der Waals surface area contributed by atoms with Crippen molar-refractivity contribution in [2.24, 2.45) is 0 Å². The molecule has 0 radical (unpaired) electrons. The van der Waals surface area contributed by atoms with Gasteiger partial charge in [-0.15, -0.1) is 0 Å². The number of hydrogen-bond acceptors (Lipinski definition) is 4. The van der Waals surface area contributed by atoms with Gasteiger partial charge in [0.25, 0.3) is 11.8 Å². The van der Waals surface area contributed by atoms with E-state index in [1.165, 1.54) is 0 Å². The van der Waals surface area contributed by atoms with Crippen LogP contribution in [-0.4, -0.2) is 23.3 Å². The van der Waals surface area contributed by atoms with Crippen LogP contribution in [0.4, 0.5) is 5.69 Å². The van der Waals surface area contributed by atoms with Gasteiger partial charge in [0.2, 0.25) is 0 Å². The fourth-order valence-electron chi connectivity index (χ4n) is 3.56. The highest BCUT2D eigenvalue weighted by atomic mass is 16.3. The number of furan rings is 1. The normalized spacial score (nSPS) is 15.3. The lowest BCUT2D eigenvalue weighted by Gasteiger charge is -2.26. The highest BCUT2D eigenvalue weighted by Crippen LogP contribution is 2.34. The molecule has 2 amide bonds. The Balaban J connectivity index is 1.46. The highest BCUT2D eigenvalue weighted by Gasteiger charge is 2.35. The van der Waals surface area contributed by atoms with Crippen molar-refractivity contribution in [1.82, 2.24) is 10.2 Å². The second-order valence-electron chi connectivity index (χ2n) is 6.97. The molecule has 0 bridgehead atoms. The SMILES string of the molecule is CCCN1C(=O)c2ccccc2C1Nc1ccc(C(=O)NCc2ccco2)cc1. The minimum atomic E-state index is -0.211. The zero-order valence-electron chi connectivity index (χ0n) is 16.2. The van der Waals surface area contributed by atoms with E-state index in [-0.39, 0.29) is 18.0 Å². The molecular formula is C23H23N3O3. The largest absolute Gasteiger partial charge is 0.467 e. The Morgan fingerprint density at radius 1 is 1.07 bits per heavy atom. The van der Waals surface area contributed by atoms with Crippen molar-refractivity contribution in [1.29, 1.82) is 0 Å². The fraction of sp³-hybridized carbons (Fsp3) is 0.217. The maximum absolute atomic E-state index is 12.7. The van der Waals surface area contributed by atoms with E-state index < -0.39 is 0 Å². The van der Waals surface area contributed by atoms with Gasteiger partial charge in [-0.05, 0) is 48.9 Å². The number of carbonyl (C=O) groups excluding carboxylic acids is 2. The highest BCUT2D eigenvalue weighted by molar-refractivity contribution is 5.99. The molecule has 6 heteroatoms. The molecule has 0 aliphatic carbocycles. The van der Waals surface area contributed by atoms with Crippen LogP contribution in [0.25, 0.3) is 0 Å². The number of rotatable bonds is 7. The predicted octanol–water partition coefficient (Wildman–Crippen LogP) is 4.19. The molecule has 0 fully saturated rings. The van der Waals surface area contributed by atoms with Gasteiger partial charge in [-0.3, -0.25) is 9.59 Å². The van der Waals surface area contributed by atoms with E-state index in [9.17, 15) is 9.59 Å². The molecule has 1 atom stereocenters. The average molecular weight is 389 g/mol. The van der Waals surface area contributed by atoms with Gasteiger partial charge in [0.05, 0.1) is 12.8 Å². The number of hydrogen-bond donors (Lipinski definition) is 2. The Bertz CT molecular complexity index is 996. The van der Waals surface area contributed by atoms with Crippen LogP contribution in [0.1, 0.15) is 51.6 Å². The minimum Gasteiger partial charge on any atom is -0.467 e. The van der Waals surface area contributed by atoms with E-state index in [4.69, 9.17) is 4.42 Å². The van der Waals surface area contributed by atoms with Crippen LogP contribution in [0.3, 0.4) is 0 Å². The van der Waals surface area contributed by atoms with Gasteiger partial charge >= 0.3 is 0 Å². The first-order chi connectivity index (χ1) is 14.2. The van der Waals surface area contributed by atoms with Crippen LogP contribution >= 0.6 is 0 Å². The molecule has 2 heterocycles. The Hall–Kier alpha value is -3.54. The second-order valence-corrected chi connectivity index (χ2v) is 6.97. The standard InChI is InChI=1S/C23H23N3O3/c1-2-13-26-21(19-7-3-4-8-20(19)23(26)28)25-17-11-9-16(10-12-17)22(27)24-15-18-6-5-14-29-18/h3-12,14,21,25H,2,13,15H2,1H3,(H,24,27). The number of nitrogens with one attached hydrogen (secondary N) is 2. The van der Waals surface area contributed by atoms with Gasteiger partial charge in [-0.2, -0.15) is 0 Å². The monoisotopic (exact) mass is 389 g/mol. The van der Waals surface area contributed by atoms with E-state index in [0.717, 1.165) is 23.2 Å². The number of nitrogens with zero attached hydrogens (tertiary/aromatic N) is 1. The molecule has 1 aliphatic heterocycles. The van der Waals surface area contributed by atoms with Gasteiger partial charge in [-0.1, -0.05) is 25.1 Å². The maximum Gasteiger partial charge on any atom is 0.256 e. The van der Waals surface area contributed by atoms with E-state index in [1.54, 1.807) is 24.5 Å². The second kappa shape index (κ2) is 8.22. The summed E-state index contributed by atoms with van der Waals surface area (Å²) in [6.07, 6.45) is 2.25. The summed E-state index contributed by atoms with van der Waals surface area (Å²) >= 11 is 0. The van der Waals surface area contributed by atoms with Gasteiger partial charge in [0.1, 0.15) is 11.9 Å². The average Bonchev–Trinajstić information content (AvgIpc) is 3.36. The molecule has 0 saturated heterocycles. The Morgan fingerprint density at radius 3 is 2.59 bits per heavy atom. The molecule has 29 heavy (non-hydrogen) atoms. The topological polar surface area (TPSA) is 74.6 Å². The summed E-state index contributed by atoms with van der Waals surface area (Å²) in [5.41, 5.74) is 3.14. The number of carbonyl (C=O) groups is 2. The minimum absolute atomic E-state index is 0.0499. The summed E-state index contributed by atoms with van der Waals surface area (Å²) in [6.45, 7) is 3.08. The molecule has 1 aliphatic rings. The van der Waals surface area contributed by atoms with Crippen molar-refractivity contribution < 1.29 is 14.0 Å². The Kier molecular flexibility index (Phi) is 5.33. The van der Waals surface area contributed by atoms with Crippen LogP contribution in [0.2, 0.25) is 0 Å². The lowest BCUT2D eigenvalue weighted by atomic mass is 10.1. The van der Waals surface area contributed by atoms with E-state index in [2.05, 4.69) is 17.6 Å². The van der Waals surface area contributed by atoms with Crippen molar-refractivity contribution in [3.8, 4) is 0 Å². The van der Waals surface area contributed by atoms with E-state index >= 15 is 0 Å². The first-order valence-electron chi connectivity index (χ1n) is 9.74. The summed E-state index contributed by atoms with van der Waals surface area (Å²) in [6, 6.07) is 18.5. The molecule has 0 saturated carbocycles. The Morgan fingerprint density at radius 2 is 1.86 bits per heavy atom. The molecule has 148 valence electrons. The Labute approximate surface area is 169 Å². The number of amides is 2. The first kappa shape index (κ1) is 18.8. The molecule has 2 N–H and O–H groups in total. The molecule has 4 rings (SSSR count). The van der Waals surface area contributed by atoms with Crippen LogP contribution < -0.4 is 10.6 Å². The number of benzene rings is 2. The van der Waals surface area contributed by atoms with Crippen LogP contribution in [0.15, 0.2) is 71.3 Å². The summed E-state index contributed by atoms with van der Waals surface area (Å²) < 4.78 is 5.22. The smallest absolute Gasteiger partial charge is 0.256 e. The van der Waals surface area contributed by atoms with Gasteiger partial charge in [-0.25, -0.2) is 0 Å². The molecule has 0 spiro atoms. The third kappa shape index (κ3) is 3.87. The quantitative estimate of drug-likeness (QED) is 0.636. The zero-order chi connectivity index (χ0) is 20.2. The number of anilines is 1. The first-order valence-corrected chi connectivity index (χ1v) is 9.74. The number of fused-ring (bicyclic) bond motifs is 1. The summed E-state index contributed by atoms with van der Waals surface area (Å²) in [5.74, 6) is 0.591. The summed E-state index contributed by atoms with van der Waals surface area (Å²) in [4.78, 5) is 26.9. The van der Waals surface area contributed by atoms with Crippen molar-refractivity contribution >= 4 is 17.5 Å². The summed E-state index contributed by atoms with van der Waals surface area (Å²) in [7, 11) is 0. The molecule has 1 aromatic heterocycles. The third-order valence-electron chi connectivity index (χ3n) is 4.98. The van der Waals surface area contributed by atoms with Crippen molar-refractivity contribution in [2.45, 2.75) is 26.1 Å². The van der Waals surface area contributed by atoms with Crippen LogP contribution in [0.5, 0.6) is 0 Å². The zero-order valence-corrected chi connectivity index (χ0v) is 16.2. The molecule has 2 aromatic carbocycles. The van der Waals surface area contributed by atoms with Gasteiger partial charge in [0.15, 0.2) is 0 Å². The van der Waals surface area contributed by atoms with E-state index in [1.807, 2.05) is 47.4 Å². The molecule has 3 aromatic rings. The molecule has 1 unspecified atom stereocenters. The van der Waals surface area contributed by atoms with Crippen molar-refractivity contribution in [3.05, 3.63) is 89.4 Å².